The molecule has 4 rings (SSSR count). The van der Waals surface area contributed by atoms with Crippen LogP contribution in [-0.2, 0) is 0 Å². The number of halogens is 1. The van der Waals surface area contributed by atoms with E-state index in [1.54, 1.807) is 25.3 Å². The van der Waals surface area contributed by atoms with Gasteiger partial charge in [0.1, 0.15) is 11.6 Å². The van der Waals surface area contributed by atoms with Gasteiger partial charge in [-0.2, -0.15) is 4.98 Å². The highest BCUT2D eigenvalue weighted by Crippen LogP contribution is 2.38. The second-order valence-electron chi connectivity index (χ2n) is 6.99. The van der Waals surface area contributed by atoms with E-state index in [1.807, 2.05) is 36.1 Å². The van der Waals surface area contributed by atoms with Crippen molar-refractivity contribution in [2.75, 3.05) is 13.7 Å². The molecule has 0 spiro atoms. The molecule has 3 aromatic rings. The van der Waals surface area contributed by atoms with Crippen LogP contribution in [0.4, 0.5) is 4.39 Å². The fraction of sp³-hybridized carbons (Fsp3) is 0.174. The lowest BCUT2D eigenvalue weighted by Gasteiger charge is -2.36. The van der Waals surface area contributed by atoms with Crippen molar-refractivity contribution in [2.24, 2.45) is 0 Å². The van der Waals surface area contributed by atoms with Crippen LogP contribution in [0.5, 0.6) is 5.75 Å². The summed E-state index contributed by atoms with van der Waals surface area (Å²) in [6, 6.07) is 13.4. The van der Waals surface area contributed by atoms with Gasteiger partial charge in [0.2, 0.25) is 5.82 Å². The zero-order chi connectivity index (χ0) is 22.0. The number of aromatic nitrogens is 2. The molecule has 1 unspecified atom stereocenters. The Morgan fingerprint density at radius 3 is 2.77 bits per heavy atom. The van der Waals surface area contributed by atoms with Crippen molar-refractivity contribution in [3.05, 3.63) is 84.2 Å². The van der Waals surface area contributed by atoms with E-state index in [1.165, 1.54) is 12.1 Å². The fourth-order valence-corrected chi connectivity index (χ4v) is 3.86. The number of thiocarbonyl (C=S) groups is 1. The Labute approximate surface area is 185 Å². The average Bonchev–Trinajstić information content (AvgIpc) is 3.26. The third-order valence-corrected chi connectivity index (χ3v) is 5.43. The second-order valence-corrected chi connectivity index (χ2v) is 7.37. The van der Waals surface area contributed by atoms with E-state index in [2.05, 4.69) is 22.0 Å². The van der Waals surface area contributed by atoms with Crippen molar-refractivity contribution >= 4 is 22.9 Å². The molecular formula is C23H21FN4O2S. The largest absolute Gasteiger partial charge is 0.497 e. The molecule has 2 heterocycles. The molecule has 0 bridgehead atoms. The topological polar surface area (TPSA) is 63.4 Å². The first-order chi connectivity index (χ1) is 15.0. The van der Waals surface area contributed by atoms with E-state index in [9.17, 15) is 4.39 Å². The van der Waals surface area contributed by atoms with E-state index in [0.29, 0.717) is 28.9 Å². The van der Waals surface area contributed by atoms with Gasteiger partial charge in [0.15, 0.2) is 5.11 Å². The van der Waals surface area contributed by atoms with Gasteiger partial charge in [0, 0.05) is 17.8 Å². The maximum atomic E-state index is 13.3. The highest BCUT2D eigenvalue weighted by molar-refractivity contribution is 7.80. The minimum absolute atomic E-state index is 0.315. The molecule has 8 heteroatoms. The van der Waals surface area contributed by atoms with Crippen LogP contribution in [0.1, 0.15) is 24.4 Å². The van der Waals surface area contributed by atoms with E-state index >= 15 is 0 Å². The van der Waals surface area contributed by atoms with Crippen molar-refractivity contribution in [1.82, 2.24) is 20.4 Å². The Balaban J connectivity index is 1.82. The standard InChI is InChI=1S/C23H21FN4O2S/c1-4-12-28-14(2)19(20(25-23(28)31)16-6-5-7-18(13-16)29-3)22-26-21(27-30-22)15-8-10-17(24)11-9-15/h4-11,13,20H,1,12H2,2-3H3,(H,25,31). The van der Waals surface area contributed by atoms with Gasteiger partial charge in [-0.3, -0.25) is 0 Å². The zero-order valence-corrected chi connectivity index (χ0v) is 17.9. The molecule has 1 aliphatic heterocycles. The van der Waals surface area contributed by atoms with Crippen molar-refractivity contribution < 1.29 is 13.7 Å². The molecule has 158 valence electrons. The van der Waals surface area contributed by atoms with Gasteiger partial charge >= 0.3 is 0 Å². The lowest BCUT2D eigenvalue weighted by molar-refractivity contribution is 0.398. The molecule has 0 amide bonds. The summed E-state index contributed by atoms with van der Waals surface area (Å²) < 4.78 is 24.3. The average molecular weight is 437 g/mol. The Hall–Kier alpha value is -3.52. The number of methoxy groups -OCH3 is 1. The first kappa shape index (κ1) is 20.7. The molecule has 0 saturated carbocycles. The van der Waals surface area contributed by atoms with Crippen LogP contribution in [-0.4, -0.2) is 33.8 Å². The van der Waals surface area contributed by atoms with Crippen LogP contribution in [0.15, 0.2) is 71.4 Å². The summed E-state index contributed by atoms with van der Waals surface area (Å²) in [6.45, 7) is 6.31. The number of nitrogens with zero attached hydrogens (tertiary/aromatic N) is 3. The van der Waals surface area contributed by atoms with Gasteiger partial charge in [0.05, 0.1) is 18.7 Å². The monoisotopic (exact) mass is 436 g/mol. The van der Waals surface area contributed by atoms with Crippen LogP contribution < -0.4 is 10.1 Å². The maximum Gasteiger partial charge on any atom is 0.258 e. The molecule has 1 atom stereocenters. The molecule has 1 aliphatic rings. The Kier molecular flexibility index (Phi) is 5.81. The Morgan fingerprint density at radius 1 is 1.29 bits per heavy atom. The first-order valence-electron chi connectivity index (χ1n) is 9.65. The second kappa shape index (κ2) is 8.69. The minimum Gasteiger partial charge on any atom is -0.497 e. The van der Waals surface area contributed by atoms with E-state index < -0.39 is 0 Å². The van der Waals surface area contributed by atoms with Crippen LogP contribution in [0.3, 0.4) is 0 Å². The number of hydrogen-bond acceptors (Lipinski definition) is 5. The third-order valence-electron chi connectivity index (χ3n) is 5.09. The summed E-state index contributed by atoms with van der Waals surface area (Å²) in [5.41, 5.74) is 3.28. The number of ether oxygens (including phenoxy) is 1. The van der Waals surface area contributed by atoms with Crippen molar-refractivity contribution in [1.29, 1.82) is 0 Å². The lowest BCUT2D eigenvalue weighted by Crippen LogP contribution is -2.45. The van der Waals surface area contributed by atoms with Crippen molar-refractivity contribution in [3.63, 3.8) is 0 Å². The maximum absolute atomic E-state index is 13.3. The van der Waals surface area contributed by atoms with Crippen LogP contribution >= 0.6 is 12.2 Å². The number of nitrogens with one attached hydrogen (secondary N) is 1. The number of hydrogen-bond donors (Lipinski definition) is 1. The highest BCUT2D eigenvalue weighted by atomic mass is 32.1. The summed E-state index contributed by atoms with van der Waals surface area (Å²) in [7, 11) is 1.62. The van der Waals surface area contributed by atoms with Crippen LogP contribution in [0, 0.1) is 5.82 Å². The summed E-state index contributed by atoms with van der Waals surface area (Å²) in [6.07, 6.45) is 1.78. The van der Waals surface area contributed by atoms with Gasteiger partial charge in [-0.05, 0) is 61.1 Å². The molecule has 0 aliphatic carbocycles. The van der Waals surface area contributed by atoms with E-state index in [-0.39, 0.29) is 11.9 Å². The molecule has 0 radical (unpaired) electrons. The number of allylic oxidation sites excluding steroid dienone is 1. The summed E-state index contributed by atoms with van der Waals surface area (Å²) in [4.78, 5) is 6.52. The summed E-state index contributed by atoms with van der Waals surface area (Å²) >= 11 is 5.60. The summed E-state index contributed by atoms with van der Waals surface area (Å²) in [5.74, 6) is 1.14. The molecule has 6 nitrogen and oxygen atoms in total. The normalized spacial score (nSPS) is 16.3. The van der Waals surface area contributed by atoms with E-state index in [0.717, 1.165) is 22.6 Å². The van der Waals surface area contributed by atoms with Gasteiger partial charge in [0.25, 0.3) is 5.89 Å². The smallest absolute Gasteiger partial charge is 0.258 e. The van der Waals surface area contributed by atoms with Gasteiger partial charge in [-0.15, -0.1) is 6.58 Å². The predicted octanol–water partition coefficient (Wildman–Crippen LogP) is 4.73. The molecule has 0 fully saturated rings. The molecule has 1 aromatic heterocycles. The Morgan fingerprint density at radius 2 is 2.06 bits per heavy atom. The molecular weight excluding hydrogens is 415 g/mol. The molecule has 31 heavy (non-hydrogen) atoms. The third kappa shape index (κ3) is 4.06. The summed E-state index contributed by atoms with van der Waals surface area (Å²) in [5, 5.41) is 8.06. The number of benzene rings is 2. The zero-order valence-electron chi connectivity index (χ0n) is 17.1. The predicted molar refractivity (Wildman–Crippen MR) is 121 cm³/mol. The molecule has 2 aromatic carbocycles. The molecule has 0 saturated heterocycles. The minimum atomic E-state index is -0.325. The number of rotatable bonds is 6. The van der Waals surface area contributed by atoms with Gasteiger partial charge in [-0.1, -0.05) is 23.4 Å². The van der Waals surface area contributed by atoms with E-state index in [4.69, 9.17) is 21.5 Å². The van der Waals surface area contributed by atoms with Crippen molar-refractivity contribution in [3.8, 4) is 17.1 Å². The first-order valence-corrected chi connectivity index (χ1v) is 10.1. The van der Waals surface area contributed by atoms with Gasteiger partial charge < -0.3 is 19.5 Å². The SMILES string of the molecule is C=CCN1C(=S)NC(c2cccc(OC)c2)C(c2nc(-c3ccc(F)cc3)no2)=C1C. The highest BCUT2D eigenvalue weighted by Gasteiger charge is 2.33. The Bertz CT molecular complexity index is 1160. The quantitative estimate of drug-likeness (QED) is 0.443. The van der Waals surface area contributed by atoms with Crippen LogP contribution in [0.2, 0.25) is 0 Å². The fourth-order valence-electron chi connectivity index (χ4n) is 3.53. The van der Waals surface area contributed by atoms with Crippen molar-refractivity contribution in [2.45, 2.75) is 13.0 Å². The lowest BCUT2D eigenvalue weighted by atomic mass is 9.94. The van der Waals surface area contributed by atoms with Crippen LogP contribution in [0.25, 0.3) is 17.0 Å². The van der Waals surface area contributed by atoms with Gasteiger partial charge in [-0.25, -0.2) is 4.39 Å². The molecule has 1 N–H and O–H groups in total.